The largest absolute Gasteiger partial charge is 0.469 e. The lowest BCUT2D eigenvalue weighted by Gasteiger charge is -2.55. The summed E-state index contributed by atoms with van der Waals surface area (Å²) in [5.41, 5.74) is -1.38. The molecule has 2 amide bonds. The van der Waals surface area contributed by atoms with Crippen molar-refractivity contribution in [2.24, 2.45) is 16.2 Å². The summed E-state index contributed by atoms with van der Waals surface area (Å²) >= 11 is 2.22. The number of nitrogens with zero attached hydrogens (tertiary/aromatic N) is 1. The number of carbonyl (C=O) groups excluding carboxylic acids is 3. The minimum atomic E-state index is -0.823. The molecule has 1 aliphatic heterocycles. The van der Waals surface area contributed by atoms with Gasteiger partial charge < -0.3 is 4.74 Å². The smallest absolute Gasteiger partial charge is 0.311 e. The molecule has 2 bridgehead atoms. The van der Waals surface area contributed by atoms with E-state index in [-0.39, 0.29) is 24.3 Å². The van der Waals surface area contributed by atoms with Crippen molar-refractivity contribution < 1.29 is 19.1 Å². The molecule has 1 aliphatic carbocycles. The first-order valence-corrected chi connectivity index (χ1v) is 9.80. The van der Waals surface area contributed by atoms with Crippen molar-refractivity contribution in [2.75, 3.05) is 7.11 Å². The minimum absolute atomic E-state index is 0.187. The Morgan fingerprint density at radius 3 is 2.00 bits per heavy atom. The Balaban J connectivity index is 1.96. The van der Waals surface area contributed by atoms with Gasteiger partial charge in [-0.3, -0.25) is 19.3 Å². The zero-order valence-corrected chi connectivity index (χ0v) is 17.8. The Kier molecular flexibility index (Phi) is 4.70. The number of amides is 2. The second kappa shape index (κ2) is 6.32. The van der Waals surface area contributed by atoms with Crippen molar-refractivity contribution in [1.29, 1.82) is 0 Å². The third kappa shape index (κ3) is 3.06. The molecular formula is C20H24INO4. The number of likely N-dealkylation sites (tertiary alicyclic amines) is 1. The van der Waals surface area contributed by atoms with Crippen LogP contribution in [0, 0.1) is 19.8 Å². The van der Waals surface area contributed by atoms with Gasteiger partial charge in [-0.05, 0) is 66.5 Å². The summed E-state index contributed by atoms with van der Waals surface area (Å²) in [5, 5.41) is 0. The Morgan fingerprint density at radius 2 is 1.54 bits per heavy atom. The quantitative estimate of drug-likeness (QED) is 0.386. The van der Waals surface area contributed by atoms with Crippen LogP contribution in [0.2, 0.25) is 0 Å². The number of imide groups is 1. The molecule has 0 radical (unpaired) electrons. The number of benzene rings is 1. The summed E-state index contributed by atoms with van der Waals surface area (Å²) in [5.74, 6) is -0.719. The summed E-state index contributed by atoms with van der Waals surface area (Å²) in [7, 11) is 1.36. The van der Waals surface area contributed by atoms with Gasteiger partial charge in [0, 0.05) is 14.4 Å². The van der Waals surface area contributed by atoms with Gasteiger partial charge in [0.2, 0.25) is 11.8 Å². The van der Waals surface area contributed by atoms with Crippen molar-refractivity contribution in [1.82, 2.24) is 4.90 Å². The molecule has 1 heterocycles. The van der Waals surface area contributed by atoms with Crippen LogP contribution < -0.4 is 0 Å². The van der Waals surface area contributed by atoms with E-state index < -0.39 is 16.2 Å². The van der Waals surface area contributed by atoms with Crippen molar-refractivity contribution in [3.63, 3.8) is 0 Å². The van der Waals surface area contributed by atoms with E-state index >= 15 is 0 Å². The number of methoxy groups -OCH3 is 1. The summed E-state index contributed by atoms with van der Waals surface area (Å²) in [4.78, 5) is 40.2. The monoisotopic (exact) mass is 469 g/mol. The lowest BCUT2D eigenvalue weighted by atomic mass is 9.52. The molecule has 3 rings (SSSR count). The van der Waals surface area contributed by atoms with Crippen molar-refractivity contribution in [3.05, 3.63) is 33.4 Å². The predicted molar refractivity (Wildman–Crippen MR) is 105 cm³/mol. The van der Waals surface area contributed by atoms with Crippen molar-refractivity contribution in [2.45, 2.75) is 46.6 Å². The summed E-state index contributed by atoms with van der Waals surface area (Å²) in [6, 6.07) is 7.81. The molecule has 1 saturated carbocycles. The zero-order valence-electron chi connectivity index (χ0n) is 15.6. The highest BCUT2D eigenvalue weighted by Gasteiger charge is 2.63. The van der Waals surface area contributed by atoms with Crippen LogP contribution in [0.25, 0.3) is 0 Å². The third-order valence-electron chi connectivity index (χ3n) is 5.80. The molecule has 0 N–H and O–H groups in total. The Hall–Kier alpha value is -1.44. The predicted octanol–water partition coefficient (Wildman–Crippen LogP) is 3.54. The first kappa shape index (κ1) is 19.3. The number of halogens is 1. The van der Waals surface area contributed by atoms with Crippen LogP contribution in [-0.2, 0) is 25.7 Å². The minimum Gasteiger partial charge on any atom is -0.469 e. The summed E-state index contributed by atoms with van der Waals surface area (Å²) in [6.45, 7) is 5.83. The molecule has 2 fully saturated rings. The van der Waals surface area contributed by atoms with Gasteiger partial charge in [-0.1, -0.05) is 26.0 Å². The maximum Gasteiger partial charge on any atom is 0.311 e. The third-order valence-corrected chi connectivity index (χ3v) is 6.52. The number of carbonyl (C=O) groups is 3. The first-order chi connectivity index (χ1) is 12.0. The Bertz CT molecular complexity index is 745. The molecule has 1 aromatic rings. The van der Waals surface area contributed by atoms with E-state index in [9.17, 15) is 14.4 Å². The lowest BCUT2D eigenvalue weighted by molar-refractivity contribution is -0.185. The van der Waals surface area contributed by atoms with Gasteiger partial charge in [0.1, 0.15) is 0 Å². The fourth-order valence-electron chi connectivity index (χ4n) is 5.12. The maximum absolute atomic E-state index is 13.2. The van der Waals surface area contributed by atoms with Crippen LogP contribution in [0.3, 0.4) is 0 Å². The summed E-state index contributed by atoms with van der Waals surface area (Å²) < 4.78 is 6.08. The SMILES string of the molecule is COC(=O)C1(C)CC2(C)CC(C)(C1)C(=O)N(Cc1ccc(I)cc1)C2=O. The molecule has 2 aliphatic rings. The molecular weight excluding hydrogens is 445 g/mol. The topological polar surface area (TPSA) is 63.7 Å². The van der Waals surface area contributed by atoms with E-state index in [2.05, 4.69) is 22.6 Å². The van der Waals surface area contributed by atoms with Crippen molar-refractivity contribution >= 4 is 40.4 Å². The van der Waals surface area contributed by atoms with E-state index in [1.807, 2.05) is 45.0 Å². The normalized spacial score (nSPS) is 34.0. The molecule has 1 aromatic carbocycles. The van der Waals surface area contributed by atoms with Gasteiger partial charge >= 0.3 is 5.97 Å². The van der Waals surface area contributed by atoms with Gasteiger partial charge in [-0.25, -0.2) is 0 Å². The number of piperidine rings is 1. The van der Waals surface area contributed by atoms with Crippen LogP contribution in [-0.4, -0.2) is 29.8 Å². The van der Waals surface area contributed by atoms with E-state index in [0.717, 1.165) is 9.13 Å². The molecule has 140 valence electrons. The fraction of sp³-hybridized carbons (Fsp3) is 0.550. The zero-order chi connectivity index (χ0) is 19.3. The van der Waals surface area contributed by atoms with Crippen LogP contribution >= 0.6 is 22.6 Å². The standard InChI is InChI=1S/C20H24INO4/c1-18-10-19(2,12-20(3,11-18)17(25)26-4)16(24)22(15(18)23)9-13-5-7-14(21)8-6-13/h5-8H,9-12H2,1-4H3. The number of ether oxygens (including phenoxy) is 1. The molecule has 2 unspecified atom stereocenters. The van der Waals surface area contributed by atoms with Crippen LogP contribution in [0.15, 0.2) is 24.3 Å². The fourth-order valence-corrected chi connectivity index (χ4v) is 5.48. The second-order valence-corrected chi connectivity index (χ2v) is 9.77. The van der Waals surface area contributed by atoms with E-state index in [1.54, 1.807) is 0 Å². The number of hydrogen-bond donors (Lipinski definition) is 0. The van der Waals surface area contributed by atoms with Crippen LogP contribution in [0.4, 0.5) is 0 Å². The maximum atomic E-state index is 13.2. The molecule has 6 heteroatoms. The number of esters is 1. The molecule has 2 atom stereocenters. The van der Waals surface area contributed by atoms with E-state index in [4.69, 9.17) is 4.74 Å². The van der Waals surface area contributed by atoms with Crippen molar-refractivity contribution in [3.8, 4) is 0 Å². The van der Waals surface area contributed by atoms with Gasteiger partial charge in [-0.2, -0.15) is 0 Å². The number of fused-ring (bicyclic) bond motifs is 2. The summed E-state index contributed by atoms with van der Waals surface area (Å²) in [6.07, 6.45) is 1.28. The lowest BCUT2D eigenvalue weighted by Crippen LogP contribution is -2.63. The van der Waals surface area contributed by atoms with E-state index in [1.165, 1.54) is 12.0 Å². The highest BCUT2D eigenvalue weighted by atomic mass is 127. The molecule has 0 spiro atoms. The van der Waals surface area contributed by atoms with Gasteiger partial charge in [0.05, 0.1) is 19.1 Å². The van der Waals surface area contributed by atoms with Crippen LogP contribution in [0.1, 0.15) is 45.6 Å². The van der Waals surface area contributed by atoms with Gasteiger partial charge in [-0.15, -0.1) is 0 Å². The molecule has 26 heavy (non-hydrogen) atoms. The Labute approximate surface area is 167 Å². The van der Waals surface area contributed by atoms with Crippen LogP contribution in [0.5, 0.6) is 0 Å². The highest BCUT2D eigenvalue weighted by molar-refractivity contribution is 14.1. The second-order valence-electron chi connectivity index (χ2n) is 8.53. The Morgan fingerprint density at radius 1 is 1.04 bits per heavy atom. The average molecular weight is 469 g/mol. The molecule has 5 nitrogen and oxygen atoms in total. The average Bonchev–Trinajstić information content (AvgIpc) is 2.57. The van der Waals surface area contributed by atoms with E-state index in [0.29, 0.717) is 19.3 Å². The number of hydrogen-bond acceptors (Lipinski definition) is 4. The molecule has 0 aromatic heterocycles. The van der Waals surface area contributed by atoms with Gasteiger partial charge in [0.25, 0.3) is 0 Å². The number of rotatable bonds is 3. The van der Waals surface area contributed by atoms with Gasteiger partial charge in [0.15, 0.2) is 0 Å². The molecule has 1 saturated heterocycles. The highest BCUT2D eigenvalue weighted by Crippen LogP contribution is 2.58. The first-order valence-electron chi connectivity index (χ1n) is 8.72.